The van der Waals surface area contributed by atoms with Gasteiger partial charge in [0.1, 0.15) is 6.10 Å². The third-order valence-electron chi connectivity index (χ3n) is 5.60. The normalized spacial score (nSPS) is 22.6. The highest BCUT2D eigenvalue weighted by Gasteiger charge is 2.38. The summed E-state index contributed by atoms with van der Waals surface area (Å²) in [5.41, 5.74) is 3.04. The van der Waals surface area contributed by atoms with Gasteiger partial charge in [0, 0.05) is 29.9 Å². The van der Waals surface area contributed by atoms with E-state index < -0.39 is 12.1 Å². The smallest absolute Gasteiger partial charge is 0.475 e. The van der Waals surface area contributed by atoms with Gasteiger partial charge in [0.15, 0.2) is 0 Å². The van der Waals surface area contributed by atoms with Crippen molar-refractivity contribution in [1.82, 2.24) is 20.1 Å². The van der Waals surface area contributed by atoms with Gasteiger partial charge in [-0.15, -0.1) is 10.2 Å². The minimum Gasteiger partial charge on any atom is -0.475 e. The van der Waals surface area contributed by atoms with Crippen LogP contribution < -0.4 is 4.74 Å². The molecule has 3 fully saturated rings. The molecule has 10 heteroatoms. The van der Waals surface area contributed by atoms with Crippen molar-refractivity contribution in [1.29, 1.82) is 0 Å². The molecule has 31 heavy (non-hydrogen) atoms. The number of aromatic nitrogens is 3. The van der Waals surface area contributed by atoms with Crippen molar-refractivity contribution in [2.24, 2.45) is 5.92 Å². The molecule has 6 rings (SSSR count). The Hall–Kier alpha value is -3.14. The molecule has 5 heterocycles. The van der Waals surface area contributed by atoms with Crippen LogP contribution >= 0.6 is 0 Å². The number of halogens is 3. The minimum absolute atomic E-state index is 0.267. The Morgan fingerprint density at radius 1 is 1.13 bits per heavy atom. The highest BCUT2D eigenvalue weighted by atomic mass is 19.4. The van der Waals surface area contributed by atoms with E-state index in [1.54, 1.807) is 0 Å². The zero-order chi connectivity index (χ0) is 22.0. The van der Waals surface area contributed by atoms with Gasteiger partial charge in [-0.05, 0) is 55.4 Å². The molecule has 2 bridgehead atoms. The Labute approximate surface area is 175 Å². The molecule has 0 aliphatic carbocycles. The lowest BCUT2D eigenvalue weighted by molar-refractivity contribution is -0.192. The van der Waals surface area contributed by atoms with Crippen LogP contribution in [0.3, 0.4) is 0 Å². The van der Waals surface area contributed by atoms with Crippen LogP contribution in [0.2, 0.25) is 0 Å². The Kier molecular flexibility index (Phi) is 5.81. The molecule has 7 nitrogen and oxygen atoms in total. The second kappa shape index (κ2) is 8.54. The summed E-state index contributed by atoms with van der Waals surface area (Å²) in [5.74, 6) is -1.45. The molecule has 3 aromatic rings. The van der Waals surface area contributed by atoms with Crippen LogP contribution in [0.1, 0.15) is 12.8 Å². The number of hydrogen-bond donors (Lipinski definition) is 2. The molecule has 0 unspecified atom stereocenters. The van der Waals surface area contributed by atoms with Crippen molar-refractivity contribution in [3.05, 3.63) is 42.6 Å². The van der Waals surface area contributed by atoms with Crippen LogP contribution in [0.4, 0.5) is 13.2 Å². The number of aromatic amines is 1. The first-order chi connectivity index (χ1) is 14.8. The van der Waals surface area contributed by atoms with Crippen LogP contribution in [-0.4, -0.2) is 63.1 Å². The Bertz CT molecular complexity index is 1040. The van der Waals surface area contributed by atoms with Crippen LogP contribution in [0.25, 0.3) is 22.2 Å². The predicted molar refractivity (Wildman–Crippen MR) is 107 cm³/mol. The molecule has 1 atom stereocenters. The van der Waals surface area contributed by atoms with E-state index in [4.69, 9.17) is 14.6 Å². The van der Waals surface area contributed by atoms with Crippen molar-refractivity contribution < 1.29 is 27.8 Å². The highest BCUT2D eigenvalue weighted by Crippen LogP contribution is 2.30. The largest absolute Gasteiger partial charge is 0.490 e. The van der Waals surface area contributed by atoms with Gasteiger partial charge in [-0.3, -0.25) is 4.90 Å². The van der Waals surface area contributed by atoms with Gasteiger partial charge < -0.3 is 14.8 Å². The van der Waals surface area contributed by atoms with E-state index in [9.17, 15) is 13.2 Å². The number of aliphatic carboxylic acids is 1. The number of carboxylic acid groups (broad SMARTS) is 1. The van der Waals surface area contributed by atoms with Gasteiger partial charge >= 0.3 is 12.1 Å². The first kappa shape index (κ1) is 21.1. The Morgan fingerprint density at radius 3 is 2.45 bits per heavy atom. The third kappa shape index (κ3) is 4.96. The van der Waals surface area contributed by atoms with E-state index in [1.165, 1.54) is 31.3 Å². The molecule has 0 radical (unpaired) electrons. The summed E-state index contributed by atoms with van der Waals surface area (Å²) in [6.45, 7) is 3.46. The number of benzene rings is 1. The molecule has 164 valence electrons. The first-order valence-corrected chi connectivity index (χ1v) is 9.90. The number of H-pyrrole nitrogens is 1. The Balaban J connectivity index is 0.000000289. The molecule has 1 aromatic carbocycles. The molecule has 0 amide bonds. The lowest BCUT2D eigenvalue weighted by atomic mass is 9.86. The van der Waals surface area contributed by atoms with Crippen LogP contribution in [0, 0.1) is 5.92 Å². The van der Waals surface area contributed by atoms with Gasteiger partial charge in [-0.1, -0.05) is 12.1 Å². The second-order valence-electron chi connectivity index (χ2n) is 7.63. The number of fused-ring (bicyclic) bond motifs is 4. The first-order valence-electron chi connectivity index (χ1n) is 9.90. The fourth-order valence-corrected chi connectivity index (χ4v) is 3.94. The zero-order valence-corrected chi connectivity index (χ0v) is 16.5. The molecule has 2 aromatic heterocycles. The predicted octanol–water partition coefficient (Wildman–Crippen LogP) is 3.73. The lowest BCUT2D eigenvalue weighted by Gasteiger charge is -2.44. The molecule has 3 saturated heterocycles. The van der Waals surface area contributed by atoms with Gasteiger partial charge in [-0.2, -0.15) is 13.2 Å². The fourth-order valence-electron chi connectivity index (χ4n) is 3.94. The highest BCUT2D eigenvalue weighted by molar-refractivity contribution is 5.84. The Morgan fingerprint density at radius 2 is 1.87 bits per heavy atom. The summed E-state index contributed by atoms with van der Waals surface area (Å²) in [7, 11) is 0. The number of carboxylic acids is 1. The second-order valence-corrected chi connectivity index (χ2v) is 7.63. The molecule has 3 aliphatic rings. The molecule has 2 N–H and O–H groups in total. The molecular formula is C21H21F3N4O3. The maximum absolute atomic E-state index is 10.6. The fraction of sp³-hybridized carbons (Fsp3) is 0.381. The molecular weight excluding hydrogens is 413 g/mol. The third-order valence-corrected chi connectivity index (χ3v) is 5.60. The summed E-state index contributed by atoms with van der Waals surface area (Å²) < 4.78 is 37.9. The topological polar surface area (TPSA) is 91.3 Å². The van der Waals surface area contributed by atoms with E-state index in [2.05, 4.69) is 44.3 Å². The van der Waals surface area contributed by atoms with E-state index in [0.717, 1.165) is 23.3 Å². The van der Waals surface area contributed by atoms with Crippen molar-refractivity contribution >= 4 is 16.9 Å². The lowest BCUT2D eigenvalue weighted by Crippen LogP contribution is -2.52. The van der Waals surface area contributed by atoms with Crippen molar-refractivity contribution in [3.63, 3.8) is 0 Å². The minimum atomic E-state index is -5.08. The average molecular weight is 434 g/mol. The number of hydrogen-bond acceptors (Lipinski definition) is 5. The summed E-state index contributed by atoms with van der Waals surface area (Å²) in [4.78, 5) is 14.6. The number of ether oxygens (including phenoxy) is 1. The summed E-state index contributed by atoms with van der Waals surface area (Å²) in [5, 5.41) is 17.0. The number of rotatable bonds is 3. The number of alkyl halides is 3. The average Bonchev–Trinajstić information content (AvgIpc) is 3.23. The number of carbonyl (C=O) groups is 1. The van der Waals surface area contributed by atoms with E-state index in [-0.39, 0.29) is 6.10 Å². The zero-order valence-electron chi connectivity index (χ0n) is 16.5. The molecule has 3 aliphatic heterocycles. The maximum Gasteiger partial charge on any atom is 0.490 e. The van der Waals surface area contributed by atoms with Crippen molar-refractivity contribution in [3.8, 4) is 17.1 Å². The number of nitrogens with zero attached hydrogens (tertiary/aromatic N) is 3. The van der Waals surface area contributed by atoms with Gasteiger partial charge in [0.05, 0.1) is 5.69 Å². The van der Waals surface area contributed by atoms with E-state index >= 15 is 0 Å². The standard InChI is InChI=1S/C19H20N4O.C2HF3O2/c1-2-15(11-17-13(1)5-8-20-17)16-3-4-19(22-21-16)24-18-12-23-9-6-14(18)7-10-23;3-2(4,5)1(6)7/h1-5,8,11,14,18,20H,6-7,9-10,12H2;(H,6,7)/t18-;/m0./s1. The SMILES string of the molecule is O=C(O)C(F)(F)F.c1cc2ccc(-c3ccc(O[C@H]4CN5CCC4CC5)nn3)cc2[nH]1. The maximum atomic E-state index is 10.6. The molecule has 0 spiro atoms. The summed E-state index contributed by atoms with van der Waals surface area (Å²) in [6.07, 6.45) is -0.383. The quantitative estimate of drug-likeness (QED) is 0.653. The van der Waals surface area contributed by atoms with E-state index in [0.29, 0.717) is 11.8 Å². The number of piperidine rings is 3. The monoisotopic (exact) mass is 434 g/mol. The van der Waals surface area contributed by atoms with Gasteiger partial charge in [-0.25, -0.2) is 4.79 Å². The van der Waals surface area contributed by atoms with Crippen LogP contribution in [0.15, 0.2) is 42.6 Å². The molecule has 0 saturated carbocycles. The number of nitrogens with one attached hydrogen (secondary N) is 1. The van der Waals surface area contributed by atoms with Crippen LogP contribution in [0.5, 0.6) is 5.88 Å². The van der Waals surface area contributed by atoms with Gasteiger partial charge in [0.2, 0.25) is 5.88 Å². The van der Waals surface area contributed by atoms with Crippen LogP contribution in [-0.2, 0) is 4.79 Å². The van der Waals surface area contributed by atoms with Gasteiger partial charge in [0.25, 0.3) is 0 Å². The van der Waals surface area contributed by atoms with Crippen molar-refractivity contribution in [2.45, 2.75) is 25.1 Å². The van der Waals surface area contributed by atoms with E-state index in [1.807, 2.05) is 18.3 Å². The summed E-state index contributed by atoms with van der Waals surface area (Å²) >= 11 is 0. The van der Waals surface area contributed by atoms with Crippen molar-refractivity contribution in [2.75, 3.05) is 19.6 Å². The summed E-state index contributed by atoms with van der Waals surface area (Å²) in [6, 6.07) is 12.3.